The van der Waals surface area contributed by atoms with Gasteiger partial charge in [0, 0.05) is 51.7 Å². The summed E-state index contributed by atoms with van der Waals surface area (Å²) in [4.78, 5) is 41.2. The molecule has 2 saturated carbocycles. The average molecular weight is 426 g/mol. The molecule has 0 radical (unpaired) electrons. The second-order valence-corrected chi connectivity index (χ2v) is 9.93. The predicted molar refractivity (Wildman–Crippen MR) is 118 cm³/mol. The lowest BCUT2D eigenvalue weighted by Gasteiger charge is -2.40. The topological polar surface area (TPSA) is 69.6 Å². The van der Waals surface area contributed by atoms with Crippen LogP contribution in [0.3, 0.4) is 0 Å². The van der Waals surface area contributed by atoms with Crippen LogP contribution in [0.15, 0.2) is 18.5 Å². The zero-order chi connectivity index (χ0) is 21.2. The lowest BCUT2D eigenvalue weighted by Crippen LogP contribution is -2.50. The molecule has 2 saturated heterocycles. The van der Waals surface area contributed by atoms with Crippen molar-refractivity contribution >= 4 is 17.8 Å². The van der Waals surface area contributed by atoms with Crippen LogP contribution in [0.1, 0.15) is 51.4 Å². The summed E-state index contributed by atoms with van der Waals surface area (Å²) < 4.78 is 0. The fraction of sp³-hybridized carbons (Fsp3) is 0.750. The van der Waals surface area contributed by atoms with Crippen LogP contribution >= 0.6 is 0 Å². The Hall–Kier alpha value is -2.02. The number of imide groups is 1. The molecule has 7 heteroatoms. The quantitative estimate of drug-likeness (QED) is 0.676. The second kappa shape index (κ2) is 9.23. The van der Waals surface area contributed by atoms with Crippen LogP contribution in [0, 0.1) is 23.7 Å². The number of nitrogens with zero attached hydrogens (tertiary/aromatic N) is 5. The average Bonchev–Trinajstić information content (AvgIpc) is 3.06. The third kappa shape index (κ3) is 4.34. The summed E-state index contributed by atoms with van der Waals surface area (Å²) in [5.41, 5.74) is 0. The molecule has 1 aromatic rings. The van der Waals surface area contributed by atoms with Gasteiger partial charge >= 0.3 is 0 Å². The van der Waals surface area contributed by atoms with Crippen molar-refractivity contribution < 1.29 is 9.59 Å². The van der Waals surface area contributed by atoms with Crippen LogP contribution in [0.4, 0.5) is 5.95 Å². The van der Waals surface area contributed by atoms with Gasteiger partial charge < -0.3 is 4.90 Å². The zero-order valence-electron chi connectivity index (χ0n) is 18.5. The van der Waals surface area contributed by atoms with Gasteiger partial charge in [-0.3, -0.25) is 19.4 Å². The van der Waals surface area contributed by atoms with Gasteiger partial charge in [0.15, 0.2) is 0 Å². The smallest absolute Gasteiger partial charge is 0.233 e. The molecule has 5 rings (SSSR count). The Labute approximate surface area is 185 Å². The van der Waals surface area contributed by atoms with E-state index in [2.05, 4.69) is 19.8 Å². The maximum atomic E-state index is 13.0. The first-order valence-corrected chi connectivity index (χ1v) is 12.3. The number of fused-ring (bicyclic) bond motifs is 1. The summed E-state index contributed by atoms with van der Waals surface area (Å²) in [7, 11) is 0. The minimum Gasteiger partial charge on any atom is -0.338 e. The highest BCUT2D eigenvalue weighted by molar-refractivity contribution is 6.05. The van der Waals surface area contributed by atoms with Gasteiger partial charge in [0.1, 0.15) is 0 Å². The van der Waals surface area contributed by atoms with E-state index >= 15 is 0 Å². The first-order valence-electron chi connectivity index (χ1n) is 12.3. The summed E-state index contributed by atoms with van der Waals surface area (Å²) in [5, 5.41) is 0. The monoisotopic (exact) mass is 425 g/mol. The van der Waals surface area contributed by atoms with Gasteiger partial charge in [-0.25, -0.2) is 9.97 Å². The Balaban J connectivity index is 1.18. The Morgan fingerprint density at radius 2 is 1.29 bits per heavy atom. The number of aromatic nitrogens is 2. The van der Waals surface area contributed by atoms with Gasteiger partial charge in [-0.05, 0) is 43.6 Å². The molecule has 0 N–H and O–H groups in total. The molecule has 7 nitrogen and oxygen atoms in total. The van der Waals surface area contributed by atoms with Crippen LogP contribution in [0.2, 0.25) is 0 Å². The van der Waals surface area contributed by atoms with Crippen molar-refractivity contribution in [3.63, 3.8) is 0 Å². The number of anilines is 1. The number of carbonyl (C=O) groups excluding carboxylic acids is 2. The van der Waals surface area contributed by atoms with E-state index in [1.54, 1.807) is 17.3 Å². The van der Waals surface area contributed by atoms with Crippen LogP contribution in [0.5, 0.6) is 0 Å². The van der Waals surface area contributed by atoms with Gasteiger partial charge in [0.2, 0.25) is 17.8 Å². The van der Waals surface area contributed by atoms with Crippen LogP contribution in [-0.2, 0) is 9.59 Å². The Kier molecular flexibility index (Phi) is 6.21. The van der Waals surface area contributed by atoms with E-state index in [1.165, 1.54) is 19.3 Å². The third-order valence-electron chi connectivity index (χ3n) is 8.12. The summed E-state index contributed by atoms with van der Waals surface area (Å²) in [6.45, 7) is 5.69. The summed E-state index contributed by atoms with van der Waals surface area (Å²) in [6, 6.07) is 1.85. The molecule has 4 fully saturated rings. The van der Waals surface area contributed by atoms with E-state index in [-0.39, 0.29) is 23.7 Å². The van der Waals surface area contributed by atoms with Gasteiger partial charge in [-0.15, -0.1) is 0 Å². The van der Waals surface area contributed by atoms with E-state index in [1.807, 2.05) is 6.07 Å². The highest BCUT2D eigenvalue weighted by atomic mass is 16.2. The SMILES string of the molecule is O=C1C2CCCCC2C(=O)N1CC1CCCCC1CN1CCN(c2ncccn2)CC1. The molecule has 2 aliphatic heterocycles. The molecule has 2 amide bonds. The second-order valence-electron chi connectivity index (χ2n) is 9.93. The van der Waals surface area contributed by atoms with Crippen molar-refractivity contribution in [2.24, 2.45) is 23.7 Å². The molecule has 168 valence electrons. The van der Waals surface area contributed by atoms with Crippen molar-refractivity contribution in [2.75, 3.05) is 44.2 Å². The van der Waals surface area contributed by atoms with Crippen molar-refractivity contribution in [3.05, 3.63) is 18.5 Å². The molecule has 2 aliphatic carbocycles. The molecule has 1 aromatic heterocycles. The maximum Gasteiger partial charge on any atom is 0.233 e. The fourth-order valence-corrected chi connectivity index (χ4v) is 6.33. The molecular weight excluding hydrogens is 390 g/mol. The Bertz CT molecular complexity index is 755. The van der Waals surface area contributed by atoms with Gasteiger partial charge in [-0.2, -0.15) is 0 Å². The standard InChI is InChI=1S/C24H35N5O2/c30-22-20-8-3-4-9-21(20)23(31)29(22)17-19-7-2-1-6-18(19)16-27-12-14-28(15-13-27)24-25-10-5-11-26-24/h5,10-11,18-21H,1-4,6-9,12-17H2. The Morgan fingerprint density at radius 3 is 1.90 bits per heavy atom. The number of hydrogen-bond acceptors (Lipinski definition) is 6. The maximum absolute atomic E-state index is 13.0. The molecule has 3 heterocycles. The number of hydrogen-bond donors (Lipinski definition) is 0. The van der Waals surface area contributed by atoms with Crippen molar-refractivity contribution in [1.29, 1.82) is 0 Å². The minimum atomic E-state index is -0.0171. The summed E-state index contributed by atoms with van der Waals surface area (Å²) >= 11 is 0. The normalized spacial score (nSPS) is 32.4. The van der Waals surface area contributed by atoms with E-state index in [9.17, 15) is 9.59 Å². The zero-order valence-corrected chi connectivity index (χ0v) is 18.5. The lowest BCUT2D eigenvalue weighted by molar-refractivity contribution is -0.141. The third-order valence-corrected chi connectivity index (χ3v) is 8.12. The highest BCUT2D eigenvalue weighted by Gasteiger charge is 2.49. The molecule has 0 spiro atoms. The molecular formula is C24H35N5O2. The van der Waals surface area contributed by atoms with Crippen molar-refractivity contribution in [1.82, 2.24) is 19.8 Å². The minimum absolute atomic E-state index is 0.0171. The largest absolute Gasteiger partial charge is 0.338 e. The Morgan fingerprint density at radius 1 is 0.742 bits per heavy atom. The van der Waals surface area contributed by atoms with Crippen LogP contribution in [0.25, 0.3) is 0 Å². The van der Waals surface area contributed by atoms with Gasteiger partial charge in [-0.1, -0.05) is 25.7 Å². The summed E-state index contributed by atoms with van der Waals surface area (Å²) in [5.74, 6) is 2.10. The van der Waals surface area contributed by atoms with Crippen LogP contribution in [-0.4, -0.2) is 70.9 Å². The highest BCUT2D eigenvalue weighted by Crippen LogP contribution is 2.40. The molecule has 0 aromatic carbocycles. The van der Waals surface area contributed by atoms with Crippen molar-refractivity contribution in [2.45, 2.75) is 51.4 Å². The number of amides is 2. The van der Waals surface area contributed by atoms with Gasteiger partial charge in [0.25, 0.3) is 0 Å². The fourth-order valence-electron chi connectivity index (χ4n) is 6.33. The number of likely N-dealkylation sites (tertiary alicyclic amines) is 1. The van der Waals surface area contributed by atoms with Crippen LogP contribution < -0.4 is 4.90 Å². The van der Waals surface area contributed by atoms with Gasteiger partial charge in [0.05, 0.1) is 11.8 Å². The first-order chi connectivity index (χ1) is 15.2. The number of piperazine rings is 1. The molecule has 4 aliphatic rings. The number of rotatable bonds is 5. The molecule has 0 bridgehead atoms. The molecule has 4 atom stereocenters. The van der Waals surface area contributed by atoms with E-state index in [0.717, 1.165) is 70.8 Å². The molecule has 31 heavy (non-hydrogen) atoms. The lowest BCUT2D eigenvalue weighted by atomic mass is 9.78. The van der Waals surface area contributed by atoms with E-state index in [4.69, 9.17) is 0 Å². The van der Waals surface area contributed by atoms with E-state index in [0.29, 0.717) is 18.4 Å². The molecule has 4 unspecified atom stereocenters. The van der Waals surface area contributed by atoms with E-state index < -0.39 is 0 Å². The predicted octanol–water partition coefficient (Wildman–Crippen LogP) is 2.58. The van der Waals surface area contributed by atoms with Crippen molar-refractivity contribution in [3.8, 4) is 0 Å². The number of carbonyl (C=O) groups is 2. The summed E-state index contributed by atoms with van der Waals surface area (Å²) in [6.07, 6.45) is 12.5. The first kappa shape index (κ1) is 20.9.